The van der Waals surface area contributed by atoms with Gasteiger partial charge >= 0.3 is 0 Å². The Morgan fingerprint density at radius 1 is 1.08 bits per heavy atom. The lowest BCUT2D eigenvalue weighted by Crippen LogP contribution is -2.48. The third kappa shape index (κ3) is 4.35. The molecule has 1 aromatic carbocycles. The van der Waals surface area contributed by atoms with Crippen molar-refractivity contribution in [2.45, 2.75) is 50.9 Å². The maximum Gasteiger partial charge on any atom is 0.239 e. The average Bonchev–Trinajstić information content (AvgIpc) is 2.51. The van der Waals surface area contributed by atoms with Gasteiger partial charge in [0.15, 0.2) is 0 Å². The highest BCUT2D eigenvalue weighted by Gasteiger charge is 2.38. The van der Waals surface area contributed by atoms with Gasteiger partial charge in [-0.1, -0.05) is 51.5 Å². The first-order valence-corrected chi connectivity index (χ1v) is 8.61. The molecule has 0 bridgehead atoms. The van der Waals surface area contributed by atoms with Gasteiger partial charge in [-0.25, -0.2) is 0 Å². The lowest BCUT2D eigenvalue weighted by atomic mass is 9.64. The van der Waals surface area contributed by atoms with E-state index in [0.29, 0.717) is 6.54 Å². The van der Waals surface area contributed by atoms with Gasteiger partial charge in [-0.2, -0.15) is 0 Å². The van der Waals surface area contributed by atoms with E-state index < -0.39 is 0 Å². The van der Waals surface area contributed by atoms with Crippen LogP contribution in [-0.4, -0.2) is 31.4 Å². The molecule has 5 heteroatoms. The highest BCUT2D eigenvalue weighted by Crippen LogP contribution is 2.43. The Kier molecular flexibility index (Phi) is 5.65. The molecule has 5 nitrogen and oxygen atoms in total. The van der Waals surface area contributed by atoms with Crippen molar-refractivity contribution in [1.82, 2.24) is 10.6 Å². The number of benzene rings is 1. The summed E-state index contributed by atoms with van der Waals surface area (Å²) in [6.07, 6.45) is 3.34. The molecule has 132 valence electrons. The fourth-order valence-electron chi connectivity index (χ4n) is 3.08. The Labute approximate surface area is 144 Å². The van der Waals surface area contributed by atoms with E-state index in [2.05, 4.69) is 55.7 Å². The molecule has 1 fully saturated rings. The predicted octanol–water partition coefficient (Wildman–Crippen LogP) is 1.60. The fourth-order valence-corrected chi connectivity index (χ4v) is 3.08. The average molecular weight is 331 g/mol. The lowest BCUT2D eigenvalue weighted by Gasteiger charge is -2.43. The Hall–Kier alpha value is -1.88. The van der Waals surface area contributed by atoms with Crippen molar-refractivity contribution in [3.05, 3.63) is 35.4 Å². The van der Waals surface area contributed by atoms with Crippen LogP contribution in [0.3, 0.4) is 0 Å². The third-order valence-corrected chi connectivity index (χ3v) is 4.93. The second kappa shape index (κ2) is 7.34. The van der Waals surface area contributed by atoms with E-state index in [4.69, 9.17) is 5.73 Å². The van der Waals surface area contributed by atoms with Gasteiger partial charge in [0.05, 0.1) is 13.1 Å². The highest BCUT2D eigenvalue weighted by molar-refractivity contribution is 5.85. The lowest BCUT2D eigenvalue weighted by molar-refractivity contribution is -0.125. The molecule has 1 aromatic rings. The monoisotopic (exact) mass is 331 g/mol. The zero-order valence-electron chi connectivity index (χ0n) is 14.9. The van der Waals surface area contributed by atoms with Crippen LogP contribution in [0.15, 0.2) is 24.3 Å². The number of hydrogen-bond acceptors (Lipinski definition) is 3. The summed E-state index contributed by atoms with van der Waals surface area (Å²) >= 11 is 0. The van der Waals surface area contributed by atoms with Crippen LogP contribution < -0.4 is 16.4 Å². The third-order valence-electron chi connectivity index (χ3n) is 4.93. The van der Waals surface area contributed by atoms with Gasteiger partial charge in [0.25, 0.3) is 0 Å². The quantitative estimate of drug-likeness (QED) is 0.740. The second-order valence-electron chi connectivity index (χ2n) is 7.72. The molecule has 24 heavy (non-hydrogen) atoms. The zero-order chi connectivity index (χ0) is 17.8. The van der Waals surface area contributed by atoms with Crippen LogP contribution in [0.5, 0.6) is 0 Å². The second-order valence-corrected chi connectivity index (χ2v) is 7.72. The van der Waals surface area contributed by atoms with E-state index in [0.717, 1.165) is 12.8 Å². The Balaban J connectivity index is 1.96. The van der Waals surface area contributed by atoms with Crippen LogP contribution in [0.25, 0.3) is 0 Å². The molecule has 1 saturated carbocycles. The van der Waals surface area contributed by atoms with Gasteiger partial charge in [0.2, 0.25) is 11.8 Å². The standard InChI is InChI=1S/C19H29N3O2/c1-18(2,3)14-5-7-15(8-6-14)19(9-4-10-19)13-22-17(24)12-21-16(23)11-20/h5-8H,4,9-13,20H2,1-3H3,(H,21,23)(H,22,24). The summed E-state index contributed by atoms with van der Waals surface area (Å²) in [6.45, 7) is 7.11. The molecule has 0 unspecified atom stereocenters. The molecular weight excluding hydrogens is 302 g/mol. The molecule has 2 amide bonds. The van der Waals surface area contributed by atoms with E-state index in [-0.39, 0.29) is 35.7 Å². The molecule has 0 heterocycles. The number of nitrogens with two attached hydrogens (primary N) is 1. The summed E-state index contributed by atoms with van der Waals surface area (Å²) in [7, 11) is 0. The summed E-state index contributed by atoms with van der Waals surface area (Å²) in [6, 6.07) is 8.78. The molecule has 0 aliphatic heterocycles. The molecule has 0 atom stereocenters. The first kappa shape index (κ1) is 18.5. The smallest absolute Gasteiger partial charge is 0.239 e. The molecule has 0 aromatic heterocycles. The number of carbonyl (C=O) groups excluding carboxylic acids is 2. The van der Waals surface area contributed by atoms with Crippen molar-refractivity contribution >= 4 is 11.8 Å². The number of carbonyl (C=O) groups is 2. The topological polar surface area (TPSA) is 84.2 Å². The van der Waals surface area contributed by atoms with Crippen LogP contribution in [-0.2, 0) is 20.4 Å². The van der Waals surface area contributed by atoms with Gasteiger partial charge < -0.3 is 16.4 Å². The van der Waals surface area contributed by atoms with Gasteiger partial charge in [0.1, 0.15) is 0 Å². The zero-order valence-corrected chi connectivity index (χ0v) is 14.9. The predicted molar refractivity (Wildman–Crippen MR) is 95.7 cm³/mol. The molecule has 0 spiro atoms. The number of rotatable bonds is 6. The minimum absolute atomic E-state index is 0.0188. The summed E-state index contributed by atoms with van der Waals surface area (Å²) < 4.78 is 0. The molecular formula is C19H29N3O2. The van der Waals surface area contributed by atoms with Crippen molar-refractivity contribution in [2.24, 2.45) is 5.73 Å². The Morgan fingerprint density at radius 2 is 1.71 bits per heavy atom. The molecule has 4 N–H and O–H groups in total. The normalized spacial score (nSPS) is 16.2. The van der Waals surface area contributed by atoms with Crippen LogP contribution >= 0.6 is 0 Å². The number of hydrogen-bond donors (Lipinski definition) is 3. The van der Waals surface area contributed by atoms with Crippen molar-refractivity contribution in [2.75, 3.05) is 19.6 Å². The summed E-state index contributed by atoms with van der Waals surface area (Å²) in [4.78, 5) is 23.0. The van der Waals surface area contributed by atoms with E-state index in [1.807, 2.05) is 0 Å². The Morgan fingerprint density at radius 3 is 2.17 bits per heavy atom. The number of nitrogens with one attached hydrogen (secondary N) is 2. The van der Waals surface area contributed by atoms with Crippen LogP contribution in [0, 0.1) is 0 Å². The Bertz CT molecular complexity index is 584. The van der Waals surface area contributed by atoms with Crippen LogP contribution in [0.2, 0.25) is 0 Å². The first-order valence-electron chi connectivity index (χ1n) is 8.61. The highest BCUT2D eigenvalue weighted by atomic mass is 16.2. The largest absolute Gasteiger partial charge is 0.354 e. The molecule has 0 radical (unpaired) electrons. The van der Waals surface area contributed by atoms with E-state index in [1.165, 1.54) is 17.5 Å². The summed E-state index contributed by atoms with van der Waals surface area (Å²) in [5.74, 6) is -0.490. The van der Waals surface area contributed by atoms with E-state index >= 15 is 0 Å². The van der Waals surface area contributed by atoms with Crippen molar-refractivity contribution in [1.29, 1.82) is 0 Å². The van der Waals surface area contributed by atoms with Gasteiger partial charge in [-0.15, -0.1) is 0 Å². The van der Waals surface area contributed by atoms with Crippen LogP contribution in [0.4, 0.5) is 0 Å². The first-order chi connectivity index (χ1) is 11.3. The SMILES string of the molecule is CC(C)(C)c1ccc(C2(CNC(=O)CNC(=O)CN)CCC2)cc1. The minimum atomic E-state index is -0.318. The maximum absolute atomic E-state index is 11.9. The maximum atomic E-state index is 11.9. The minimum Gasteiger partial charge on any atom is -0.354 e. The molecule has 2 rings (SSSR count). The van der Waals surface area contributed by atoms with E-state index in [9.17, 15) is 9.59 Å². The van der Waals surface area contributed by atoms with Crippen molar-refractivity contribution in [3.63, 3.8) is 0 Å². The number of amides is 2. The van der Waals surface area contributed by atoms with Gasteiger partial charge in [-0.05, 0) is 29.4 Å². The fraction of sp³-hybridized carbons (Fsp3) is 0.579. The molecule has 1 aliphatic rings. The molecule has 1 aliphatic carbocycles. The summed E-state index contributed by atoms with van der Waals surface area (Å²) in [5, 5.41) is 5.45. The van der Waals surface area contributed by atoms with Crippen molar-refractivity contribution < 1.29 is 9.59 Å². The van der Waals surface area contributed by atoms with Gasteiger partial charge in [0, 0.05) is 12.0 Å². The van der Waals surface area contributed by atoms with Crippen LogP contribution in [0.1, 0.15) is 51.2 Å². The van der Waals surface area contributed by atoms with E-state index in [1.54, 1.807) is 0 Å². The van der Waals surface area contributed by atoms with Gasteiger partial charge in [-0.3, -0.25) is 9.59 Å². The summed E-state index contributed by atoms with van der Waals surface area (Å²) in [5.41, 5.74) is 7.98. The molecule has 0 saturated heterocycles. The van der Waals surface area contributed by atoms with Crippen molar-refractivity contribution in [3.8, 4) is 0 Å².